The quantitative estimate of drug-likeness (QED) is 0.377. The fourth-order valence-corrected chi connectivity index (χ4v) is 1.62. The summed E-state index contributed by atoms with van der Waals surface area (Å²) in [6, 6.07) is 0. The standard InChI is InChI=1S/C9H17N3O2/c1-2-14-8(13)7-3-5-12(6-4-7)9(10)11/h7H,2-6H2,1H3,(H3,10,11). The van der Waals surface area contributed by atoms with Crippen molar-refractivity contribution in [3.05, 3.63) is 0 Å². The van der Waals surface area contributed by atoms with Crippen LogP contribution in [0.2, 0.25) is 0 Å². The molecule has 0 bridgehead atoms. The number of hydrogen-bond donors (Lipinski definition) is 2. The number of likely N-dealkylation sites (tertiary alicyclic amines) is 1. The summed E-state index contributed by atoms with van der Waals surface area (Å²) in [4.78, 5) is 13.1. The van der Waals surface area contributed by atoms with Crippen LogP contribution in [0.25, 0.3) is 0 Å². The second kappa shape index (κ2) is 4.83. The first-order chi connectivity index (χ1) is 6.65. The summed E-state index contributed by atoms with van der Waals surface area (Å²) in [5.41, 5.74) is 5.34. The molecule has 1 fully saturated rings. The zero-order valence-electron chi connectivity index (χ0n) is 8.45. The summed E-state index contributed by atoms with van der Waals surface area (Å²) in [6.45, 7) is 3.60. The van der Waals surface area contributed by atoms with E-state index in [4.69, 9.17) is 15.9 Å². The second-order valence-electron chi connectivity index (χ2n) is 3.40. The molecule has 14 heavy (non-hydrogen) atoms. The molecule has 0 saturated carbocycles. The van der Waals surface area contributed by atoms with E-state index >= 15 is 0 Å². The van der Waals surface area contributed by atoms with E-state index in [1.165, 1.54) is 0 Å². The number of nitrogens with two attached hydrogens (primary N) is 1. The Balaban J connectivity index is 2.35. The molecule has 1 rings (SSSR count). The molecule has 0 radical (unpaired) electrons. The molecule has 1 aliphatic heterocycles. The minimum absolute atomic E-state index is 0.00875. The van der Waals surface area contributed by atoms with E-state index in [2.05, 4.69) is 0 Å². The third-order valence-corrected chi connectivity index (χ3v) is 2.46. The highest BCUT2D eigenvalue weighted by atomic mass is 16.5. The van der Waals surface area contributed by atoms with Crippen molar-refractivity contribution >= 4 is 11.9 Å². The van der Waals surface area contributed by atoms with Crippen molar-refractivity contribution in [3.8, 4) is 0 Å². The average molecular weight is 199 g/mol. The van der Waals surface area contributed by atoms with E-state index in [1.807, 2.05) is 6.92 Å². The summed E-state index contributed by atoms with van der Waals surface area (Å²) in [6.07, 6.45) is 1.47. The van der Waals surface area contributed by atoms with Crippen LogP contribution in [0.4, 0.5) is 0 Å². The van der Waals surface area contributed by atoms with Gasteiger partial charge in [-0.2, -0.15) is 0 Å². The highest BCUT2D eigenvalue weighted by Crippen LogP contribution is 2.17. The summed E-state index contributed by atoms with van der Waals surface area (Å²) < 4.78 is 4.93. The monoisotopic (exact) mass is 199 g/mol. The third-order valence-electron chi connectivity index (χ3n) is 2.46. The molecule has 80 valence electrons. The molecule has 0 aromatic rings. The van der Waals surface area contributed by atoms with Crippen LogP contribution < -0.4 is 5.73 Å². The number of ether oxygens (including phenoxy) is 1. The first kappa shape index (κ1) is 10.8. The van der Waals surface area contributed by atoms with Gasteiger partial charge in [0.1, 0.15) is 0 Å². The second-order valence-corrected chi connectivity index (χ2v) is 3.40. The van der Waals surface area contributed by atoms with Gasteiger partial charge in [0.2, 0.25) is 0 Å². The van der Waals surface area contributed by atoms with Gasteiger partial charge in [-0.15, -0.1) is 0 Å². The van der Waals surface area contributed by atoms with Crippen LogP contribution in [0.5, 0.6) is 0 Å². The van der Waals surface area contributed by atoms with Crippen LogP contribution in [-0.4, -0.2) is 36.5 Å². The Bertz CT molecular complexity index is 222. The average Bonchev–Trinajstić information content (AvgIpc) is 2.18. The Morgan fingerprint density at radius 3 is 2.57 bits per heavy atom. The van der Waals surface area contributed by atoms with Crippen molar-refractivity contribution in [2.24, 2.45) is 11.7 Å². The van der Waals surface area contributed by atoms with Gasteiger partial charge in [0.25, 0.3) is 0 Å². The minimum Gasteiger partial charge on any atom is -0.466 e. The Morgan fingerprint density at radius 1 is 1.57 bits per heavy atom. The van der Waals surface area contributed by atoms with E-state index in [9.17, 15) is 4.79 Å². The zero-order valence-corrected chi connectivity index (χ0v) is 8.45. The molecule has 1 heterocycles. The van der Waals surface area contributed by atoms with Crippen molar-refractivity contribution in [1.29, 1.82) is 5.41 Å². The Hall–Kier alpha value is -1.26. The van der Waals surface area contributed by atoms with Crippen LogP contribution >= 0.6 is 0 Å². The zero-order chi connectivity index (χ0) is 10.6. The van der Waals surface area contributed by atoms with E-state index < -0.39 is 0 Å². The van der Waals surface area contributed by atoms with Gasteiger partial charge in [0, 0.05) is 13.1 Å². The molecule has 5 heteroatoms. The van der Waals surface area contributed by atoms with Gasteiger partial charge in [-0.25, -0.2) is 0 Å². The fraction of sp³-hybridized carbons (Fsp3) is 0.778. The van der Waals surface area contributed by atoms with Crippen LogP contribution in [0.3, 0.4) is 0 Å². The lowest BCUT2D eigenvalue weighted by Crippen LogP contribution is -2.43. The molecule has 0 aliphatic carbocycles. The minimum atomic E-state index is -0.115. The predicted molar refractivity (Wildman–Crippen MR) is 52.8 cm³/mol. The van der Waals surface area contributed by atoms with E-state index in [1.54, 1.807) is 4.90 Å². The van der Waals surface area contributed by atoms with Gasteiger partial charge in [-0.05, 0) is 19.8 Å². The van der Waals surface area contributed by atoms with Gasteiger partial charge in [0.15, 0.2) is 5.96 Å². The molecule has 3 N–H and O–H groups in total. The molecule has 0 unspecified atom stereocenters. The molecule has 0 atom stereocenters. The SMILES string of the molecule is CCOC(=O)C1CCN(C(=N)N)CC1. The normalized spacial score (nSPS) is 17.9. The number of nitrogens with one attached hydrogen (secondary N) is 1. The Labute approximate surface area is 83.7 Å². The summed E-state index contributed by atoms with van der Waals surface area (Å²) >= 11 is 0. The van der Waals surface area contributed by atoms with Crippen molar-refractivity contribution in [2.75, 3.05) is 19.7 Å². The van der Waals surface area contributed by atoms with Crippen LogP contribution in [0.15, 0.2) is 0 Å². The predicted octanol–water partition coefficient (Wildman–Crippen LogP) is 0.155. The van der Waals surface area contributed by atoms with E-state index in [0.717, 1.165) is 12.8 Å². The molecule has 0 amide bonds. The molecule has 0 aromatic heterocycles. The summed E-state index contributed by atoms with van der Waals surface area (Å²) in [5, 5.41) is 7.23. The molecule has 1 saturated heterocycles. The maximum Gasteiger partial charge on any atom is 0.309 e. The topological polar surface area (TPSA) is 79.4 Å². The smallest absolute Gasteiger partial charge is 0.309 e. The molecular weight excluding hydrogens is 182 g/mol. The lowest BCUT2D eigenvalue weighted by atomic mass is 9.97. The number of carbonyl (C=O) groups excluding carboxylic acids is 1. The van der Waals surface area contributed by atoms with Gasteiger partial charge in [-0.3, -0.25) is 10.2 Å². The van der Waals surface area contributed by atoms with Crippen LogP contribution in [-0.2, 0) is 9.53 Å². The number of guanidine groups is 1. The lowest BCUT2D eigenvalue weighted by Gasteiger charge is -2.30. The Morgan fingerprint density at radius 2 is 2.14 bits per heavy atom. The number of piperidine rings is 1. The maximum absolute atomic E-state index is 11.3. The summed E-state index contributed by atoms with van der Waals surface area (Å²) in [5.74, 6) is -0.0337. The van der Waals surface area contributed by atoms with Crippen molar-refractivity contribution in [3.63, 3.8) is 0 Å². The highest BCUT2D eigenvalue weighted by molar-refractivity contribution is 5.76. The lowest BCUT2D eigenvalue weighted by molar-refractivity contribution is -0.149. The number of carbonyl (C=O) groups is 1. The van der Waals surface area contributed by atoms with Gasteiger partial charge in [0.05, 0.1) is 12.5 Å². The van der Waals surface area contributed by atoms with Crippen LogP contribution in [0, 0.1) is 11.3 Å². The highest BCUT2D eigenvalue weighted by Gasteiger charge is 2.26. The van der Waals surface area contributed by atoms with Gasteiger partial charge >= 0.3 is 5.97 Å². The third kappa shape index (κ3) is 2.61. The number of rotatable bonds is 2. The molecule has 1 aliphatic rings. The van der Waals surface area contributed by atoms with Gasteiger partial charge in [-0.1, -0.05) is 0 Å². The molecule has 0 spiro atoms. The van der Waals surface area contributed by atoms with Crippen molar-refractivity contribution < 1.29 is 9.53 Å². The van der Waals surface area contributed by atoms with Crippen molar-refractivity contribution in [2.45, 2.75) is 19.8 Å². The van der Waals surface area contributed by atoms with E-state index in [-0.39, 0.29) is 17.8 Å². The first-order valence-corrected chi connectivity index (χ1v) is 4.90. The van der Waals surface area contributed by atoms with E-state index in [0.29, 0.717) is 19.7 Å². The molecule has 5 nitrogen and oxygen atoms in total. The Kier molecular flexibility index (Phi) is 3.73. The van der Waals surface area contributed by atoms with Gasteiger partial charge < -0.3 is 15.4 Å². The largest absolute Gasteiger partial charge is 0.466 e. The summed E-state index contributed by atoms with van der Waals surface area (Å²) in [7, 11) is 0. The maximum atomic E-state index is 11.3. The van der Waals surface area contributed by atoms with Crippen molar-refractivity contribution in [1.82, 2.24) is 4.90 Å². The van der Waals surface area contributed by atoms with Crippen LogP contribution in [0.1, 0.15) is 19.8 Å². The fourth-order valence-electron chi connectivity index (χ4n) is 1.62. The number of nitrogens with zero attached hydrogens (tertiary/aromatic N) is 1. The molecule has 0 aromatic carbocycles. The first-order valence-electron chi connectivity index (χ1n) is 4.90. The number of esters is 1. The number of hydrogen-bond acceptors (Lipinski definition) is 3. The molecular formula is C9H17N3O2.